The Morgan fingerprint density at radius 2 is 1.92 bits per heavy atom. The molecule has 3 rings (SSSR count). The average Bonchev–Trinajstić information content (AvgIpc) is 2.64. The first-order chi connectivity index (χ1) is 12.1. The van der Waals surface area contributed by atoms with Crippen LogP contribution in [0.5, 0.6) is 0 Å². The molecule has 0 spiro atoms. The van der Waals surface area contributed by atoms with Gasteiger partial charge < -0.3 is 0 Å². The molecule has 0 aliphatic rings. The van der Waals surface area contributed by atoms with Crippen molar-refractivity contribution in [1.82, 2.24) is 4.98 Å². The van der Waals surface area contributed by atoms with Gasteiger partial charge in [0.15, 0.2) is 11.6 Å². The first kappa shape index (κ1) is 16.8. The maximum absolute atomic E-state index is 14.1. The van der Waals surface area contributed by atoms with Gasteiger partial charge in [0.1, 0.15) is 5.69 Å². The zero-order chi connectivity index (χ0) is 17.8. The lowest BCUT2D eigenvalue weighted by molar-refractivity contribution is 0.0983. The van der Waals surface area contributed by atoms with E-state index in [9.17, 15) is 9.18 Å². The molecule has 0 atom stereocenters. The van der Waals surface area contributed by atoms with Crippen molar-refractivity contribution in [3.63, 3.8) is 0 Å². The molecule has 0 N–H and O–H groups in total. The second kappa shape index (κ2) is 7.22. The highest BCUT2D eigenvalue weighted by atomic mass is 19.1. The fourth-order valence-corrected chi connectivity index (χ4v) is 2.83. The van der Waals surface area contributed by atoms with E-state index in [1.165, 1.54) is 18.3 Å². The van der Waals surface area contributed by atoms with Crippen molar-refractivity contribution in [2.45, 2.75) is 13.3 Å². The summed E-state index contributed by atoms with van der Waals surface area (Å²) in [5.74, 6) is -0.944. The van der Waals surface area contributed by atoms with Crippen LogP contribution in [-0.2, 0) is 6.42 Å². The number of hydrogen-bond donors (Lipinski definition) is 0. The van der Waals surface area contributed by atoms with Crippen molar-refractivity contribution in [3.8, 4) is 11.1 Å². The van der Waals surface area contributed by atoms with Gasteiger partial charge in [-0.3, -0.25) is 4.79 Å². The molecule has 0 amide bonds. The Labute approximate surface area is 146 Å². The van der Waals surface area contributed by atoms with E-state index >= 15 is 0 Å². The third-order valence-corrected chi connectivity index (χ3v) is 4.24. The zero-order valence-corrected chi connectivity index (χ0v) is 14.0. The van der Waals surface area contributed by atoms with Gasteiger partial charge in [-0.15, -0.1) is 0 Å². The predicted octanol–water partition coefficient (Wildman–Crippen LogP) is 5.26. The van der Waals surface area contributed by atoms with E-state index in [0.717, 1.165) is 22.3 Å². The molecule has 25 heavy (non-hydrogen) atoms. The number of hydrogen-bond acceptors (Lipinski definition) is 2. The summed E-state index contributed by atoms with van der Waals surface area (Å²) in [5, 5.41) is 0. The third kappa shape index (κ3) is 3.56. The quantitative estimate of drug-likeness (QED) is 0.597. The highest BCUT2D eigenvalue weighted by Gasteiger charge is 2.16. The highest BCUT2D eigenvalue weighted by molar-refractivity contribution is 5.96. The van der Waals surface area contributed by atoms with E-state index in [0.29, 0.717) is 5.56 Å². The molecule has 0 aliphatic carbocycles. The van der Waals surface area contributed by atoms with Gasteiger partial charge in [0, 0.05) is 12.6 Å². The molecule has 2 nitrogen and oxygen atoms in total. The minimum Gasteiger partial charge on any atom is -0.292 e. The number of ketones is 1. The number of halogens is 1. The van der Waals surface area contributed by atoms with Crippen molar-refractivity contribution < 1.29 is 9.18 Å². The van der Waals surface area contributed by atoms with Crippen molar-refractivity contribution >= 4 is 11.9 Å². The molecule has 124 valence electrons. The van der Waals surface area contributed by atoms with Crippen LogP contribution in [0.3, 0.4) is 0 Å². The van der Waals surface area contributed by atoms with Gasteiger partial charge in [-0.2, -0.15) is 0 Å². The summed E-state index contributed by atoms with van der Waals surface area (Å²) in [6.07, 6.45) is 3.07. The molecule has 0 fully saturated rings. The van der Waals surface area contributed by atoms with Crippen LogP contribution < -0.4 is 0 Å². The summed E-state index contributed by atoms with van der Waals surface area (Å²) in [6.45, 7) is 5.55. The maximum atomic E-state index is 14.1. The highest BCUT2D eigenvalue weighted by Crippen LogP contribution is 2.26. The van der Waals surface area contributed by atoms with Gasteiger partial charge in [-0.1, -0.05) is 61.2 Å². The van der Waals surface area contributed by atoms with Gasteiger partial charge in [0.2, 0.25) is 0 Å². The number of carbonyl (C=O) groups excluding carboxylic acids is 1. The fraction of sp³-hybridized carbons (Fsp3) is 0.0909. The Morgan fingerprint density at radius 3 is 2.60 bits per heavy atom. The van der Waals surface area contributed by atoms with Crippen LogP contribution >= 0.6 is 0 Å². The third-order valence-electron chi connectivity index (χ3n) is 4.24. The summed E-state index contributed by atoms with van der Waals surface area (Å²) in [6, 6.07) is 17.1. The second-order valence-corrected chi connectivity index (χ2v) is 5.86. The van der Waals surface area contributed by atoms with E-state index in [4.69, 9.17) is 0 Å². The molecular formula is C22H18FNO. The first-order valence-electron chi connectivity index (χ1n) is 8.05. The standard InChI is InChI=1S/C22H18FNO/c1-3-16-12-20(23)22(24-14-16)21(25)13-18-10-7-11-19(15(18)2)17-8-5-4-6-9-17/h3-12,14H,1,13H2,2H3. The summed E-state index contributed by atoms with van der Waals surface area (Å²) < 4.78 is 14.1. The smallest absolute Gasteiger partial charge is 0.188 e. The average molecular weight is 331 g/mol. The van der Waals surface area contributed by atoms with Gasteiger partial charge in [0.05, 0.1) is 0 Å². The van der Waals surface area contributed by atoms with Crippen LogP contribution in [-0.4, -0.2) is 10.8 Å². The summed E-state index contributed by atoms with van der Waals surface area (Å²) in [5.41, 5.74) is 4.48. The lowest BCUT2D eigenvalue weighted by Crippen LogP contribution is -2.10. The van der Waals surface area contributed by atoms with Gasteiger partial charge in [-0.05, 0) is 40.8 Å². The number of carbonyl (C=O) groups is 1. The molecule has 3 heteroatoms. The first-order valence-corrected chi connectivity index (χ1v) is 8.05. The van der Waals surface area contributed by atoms with Crippen molar-refractivity contribution in [3.05, 3.63) is 95.6 Å². The van der Waals surface area contributed by atoms with Crippen LogP contribution in [0.1, 0.15) is 27.2 Å². The van der Waals surface area contributed by atoms with E-state index in [2.05, 4.69) is 11.6 Å². The molecule has 0 aliphatic heterocycles. The predicted molar refractivity (Wildman–Crippen MR) is 98.9 cm³/mol. The SMILES string of the molecule is C=Cc1cnc(C(=O)Cc2cccc(-c3ccccc3)c2C)c(F)c1. The van der Waals surface area contributed by atoms with Crippen LogP contribution in [0.25, 0.3) is 17.2 Å². The summed E-state index contributed by atoms with van der Waals surface area (Å²) in [7, 11) is 0. The summed E-state index contributed by atoms with van der Waals surface area (Å²) in [4.78, 5) is 16.5. The Bertz CT molecular complexity index is 932. The van der Waals surface area contributed by atoms with Crippen LogP contribution in [0.4, 0.5) is 4.39 Å². The van der Waals surface area contributed by atoms with Crippen LogP contribution in [0.2, 0.25) is 0 Å². The fourth-order valence-electron chi connectivity index (χ4n) is 2.83. The van der Waals surface area contributed by atoms with Crippen molar-refractivity contribution in [1.29, 1.82) is 0 Å². The van der Waals surface area contributed by atoms with Gasteiger partial charge >= 0.3 is 0 Å². The molecule has 2 aromatic carbocycles. The van der Waals surface area contributed by atoms with E-state index in [1.54, 1.807) is 0 Å². The molecule has 0 unspecified atom stereocenters. The Kier molecular flexibility index (Phi) is 4.85. The van der Waals surface area contributed by atoms with Crippen molar-refractivity contribution in [2.24, 2.45) is 0 Å². The van der Waals surface area contributed by atoms with E-state index in [1.807, 2.05) is 55.5 Å². The monoisotopic (exact) mass is 331 g/mol. The molecule has 1 heterocycles. The minimum atomic E-state index is -0.612. The minimum absolute atomic E-state index is 0.115. The lowest BCUT2D eigenvalue weighted by Gasteiger charge is -2.11. The summed E-state index contributed by atoms with van der Waals surface area (Å²) >= 11 is 0. The Balaban J connectivity index is 1.91. The Morgan fingerprint density at radius 1 is 1.16 bits per heavy atom. The molecule has 1 aromatic heterocycles. The topological polar surface area (TPSA) is 30.0 Å². The van der Waals surface area contributed by atoms with Crippen LogP contribution in [0.15, 0.2) is 67.4 Å². The number of pyridine rings is 1. The van der Waals surface area contributed by atoms with Crippen LogP contribution in [0, 0.1) is 12.7 Å². The molecule has 0 saturated carbocycles. The van der Waals surface area contributed by atoms with Crippen molar-refractivity contribution in [2.75, 3.05) is 0 Å². The number of rotatable bonds is 5. The molecule has 3 aromatic rings. The number of benzene rings is 2. The zero-order valence-electron chi connectivity index (χ0n) is 14.0. The molecule has 0 bridgehead atoms. The molecular weight excluding hydrogens is 313 g/mol. The van der Waals surface area contributed by atoms with Gasteiger partial charge in [-0.25, -0.2) is 9.37 Å². The van der Waals surface area contributed by atoms with E-state index in [-0.39, 0.29) is 17.9 Å². The maximum Gasteiger partial charge on any atom is 0.188 e. The van der Waals surface area contributed by atoms with Gasteiger partial charge in [0.25, 0.3) is 0 Å². The Hall–Kier alpha value is -3.07. The second-order valence-electron chi connectivity index (χ2n) is 5.86. The number of Topliss-reactive ketones (excluding diaryl/α,β-unsaturated/α-hetero) is 1. The normalized spacial score (nSPS) is 10.5. The van der Waals surface area contributed by atoms with E-state index < -0.39 is 5.82 Å². The largest absolute Gasteiger partial charge is 0.292 e. The molecule has 0 radical (unpaired) electrons. The number of aromatic nitrogens is 1. The molecule has 0 saturated heterocycles. The number of nitrogens with zero attached hydrogens (tertiary/aromatic N) is 1. The lowest BCUT2D eigenvalue weighted by atomic mass is 9.93.